The molecule has 1 atom stereocenters. The summed E-state index contributed by atoms with van der Waals surface area (Å²) < 4.78 is 4.88. The largest absolute Gasteiger partial charge is 0.313 e. The fourth-order valence-electron chi connectivity index (χ4n) is 10.4. The summed E-state index contributed by atoms with van der Waals surface area (Å²) in [5, 5.41) is 5.21. The number of aromatic nitrogens is 2. The predicted octanol–water partition coefficient (Wildman–Crippen LogP) is 15.2. The van der Waals surface area contributed by atoms with Crippen LogP contribution >= 0.6 is 0 Å². The molecule has 58 heavy (non-hydrogen) atoms. The van der Waals surface area contributed by atoms with Gasteiger partial charge in [0.25, 0.3) is 0 Å². The molecular formula is C56H48N2. The van der Waals surface area contributed by atoms with E-state index in [0.29, 0.717) is 5.92 Å². The Labute approximate surface area is 341 Å². The Morgan fingerprint density at radius 1 is 0.466 bits per heavy atom. The monoisotopic (exact) mass is 748 g/mol. The van der Waals surface area contributed by atoms with Gasteiger partial charge in [-0.25, -0.2) is 0 Å². The van der Waals surface area contributed by atoms with E-state index in [1.54, 1.807) is 0 Å². The van der Waals surface area contributed by atoms with E-state index in [1.165, 1.54) is 114 Å². The van der Waals surface area contributed by atoms with E-state index in [9.17, 15) is 0 Å². The van der Waals surface area contributed by atoms with Crippen molar-refractivity contribution in [1.82, 2.24) is 9.13 Å². The molecule has 0 bridgehead atoms. The lowest BCUT2D eigenvalue weighted by Crippen LogP contribution is -2.32. The first kappa shape index (κ1) is 34.8. The first-order chi connectivity index (χ1) is 28.6. The molecule has 2 nitrogen and oxygen atoms in total. The third-order valence-corrected chi connectivity index (χ3v) is 13.7. The van der Waals surface area contributed by atoms with Crippen LogP contribution in [0.1, 0.15) is 57.1 Å². The van der Waals surface area contributed by atoms with Crippen LogP contribution in [0.4, 0.5) is 0 Å². The second-order valence-electron chi connectivity index (χ2n) is 17.1. The van der Waals surface area contributed by atoms with Crippen LogP contribution in [0.15, 0.2) is 182 Å². The average molecular weight is 749 g/mol. The molecule has 2 heteroatoms. The summed E-state index contributed by atoms with van der Waals surface area (Å²) >= 11 is 0. The van der Waals surface area contributed by atoms with Gasteiger partial charge in [0.1, 0.15) is 0 Å². The number of para-hydroxylation sites is 3. The second kappa shape index (κ2) is 13.9. The summed E-state index contributed by atoms with van der Waals surface area (Å²) in [6.07, 6.45) is 12.7. The molecule has 0 aliphatic heterocycles. The Balaban J connectivity index is 0.939. The van der Waals surface area contributed by atoms with E-state index in [2.05, 4.69) is 205 Å². The van der Waals surface area contributed by atoms with Crippen molar-refractivity contribution in [2.45, 2.75) is 51.4 Å². The van der Waals surface area contributed by atoms with Crippen LogP contribution in [0.2, 0.25) is 0 Å². The van der Waals surface area contributed by atoms with Crippen molar-refractivity contribution in [2.24, 2.45) is 11.8 Å². The van der Waals surface area contributed by atoms with Crippen LogP contribution < -0.4 is 0 Å². The van der Waals surface area contributed by atoms with Crippen molar-refractivity contribution in [3.8, 4) is 27.9 Å². The summed E-state index contributed by atoms with van der Waals surface area (Å²) in [7, 11) is 0. The molecule has 1 fully saturated rings. The SMILES string of the molecule is CC1CCC(c2ccc(-c3ccc4c(c3)c3ccccc3n4C3=CC=CCC3C)cc2)(c2ccc(-c3ccc4c(c3)c3ccccc3n4-c3ccccc3)cc2)CC1. The number of rotatable bonds is 6. The first-order valence-electron chi connectivity index (χ1n) is 21.3. The highest BCUT2D eigenvalue weighted by molar-refractivity contribution is 6.12. The molecule has 1 unspecified atom stereocenters. The smallest absolute Gasteiger partial charge is 0.0541 e. The Kier molecular flexibility index (Phi) is 8.36. The first-order valence-corrected chi connectivity index (χ1v) is 21.3. The van der Waals surface area contributed by atoms with E-state index < -0.39 is 0 Å². The molecule has 2 aromatic heterocycles. The van der Waals surface area contributed by atoms with Gasteiger partial charge in [0.05, 0.1) is 22.1 Å². The van der Waals surface area contributed by atoms with Crippen molar-refractivity contribution >= 4 is 49.3 Å². The summed E-state index contributed by atoms with van der Waals surface area (Å²) in [6, 6.07) is 61.7. The molecule has 0 saturated heterocycles. The minimum atomic E-state index is 0.00681. The number of allylic oxidation sites excluding steroid dienone is 4. The van der Waals surface area contributed by atoms with Gasteiger partial charge in [-0.2, -0.15) is 0 Å². The summed E-state index contributed by atoms with van der Waals surface area (Å²) in [5.41, 5.74) is 15.6. The lowest BCUT2D eigenvalue weighted by molar-refractivity contribution is 0.280. The summed E-state index contributed by atoms with van der Waals surface area (Å²) in [6.45, 7) is 4.77. The maximum Gasteiger partial charge on any atom is 0.0541 e. The highest BCUT2D eigenvalue weighted by Gasteiger charge is 2.37. The molecule has 0 N–H and O–H groups in total. The molecule has 1 saturated carbocycles. The van der Waals surface area contributed by atoms with Gasteiger partial charge in [-0.05, 0) is 126 Å². The van der Waals surface area contributed by atoms with Gasteiger partial charge >= 0.3 is 0 Å². The fraction of sp³-hybridized carbons (Fsp3) is 0.179. The second-order valence-corrected chi connectivity index (χ2v) is 17.1. The molecule has 282 valence electrons. The van der Waals surface area contributed by atoms with Crippen LogP contribution in [0.3, 0.4) is 0 Å². The number of hydrogen-bond donors (Lipinski definition) is 0. The molecule has 2 aliphatic rings. The summed E-state index contributed by atoms with van der Waals surface area (Å²) in [5.74, 6) is 1.24. The van der Waals surface area contributed by atoms with Crippen molar-refractivity contribution in [1.29, 1.82) is 0 Å². The molecule has 2 aliphatic carbocycles. The number of benzene rings is 7. The number of nitrogens with zero attached hydrogens (tertiary/aromatic N) is 2. The molecule has 0 amide bonds. The lowest BCUT2D eigenvalue weighted by Gasteiger charge is -2.41. The van der Waals surface area contributed by atoms with Crippen molar-refractivity contribution < 1.29 is 0 Å². The Bertz CT molecular complexity index is 3040. The zero-order valence-electron chi connectivity index (χ0n) is 33.4. The van der Waals surface area contributed by atoms with Crippen molar-refractivity contribution in [2.75, 3.05) is 0 Å². The third-order valence-electron chi connectivity index (χ3n) is 13.7. The zero-order chi connectivity index (χ0) is 38.8. The Hall–Kier alpha value is -6.38. The van der Waals surface area contributed by atoms with Gasteiger partial charge in [0.15, 0.2) is 0 Å². The van der Waals surface area contributed by atoms with Gasteiger partial charge < -0.3 is 9.13 Å². The predicted molar refractivity (Wildman–Crippen MR) is 247 cm³/mol. The Morgan fingerprint density at radius 2 is 0.948 bits per heavy atom. The van der Waals surface area contributed by atoms with E-state index in [-0.39, 0.29) is 5.41 Å². The maximum absolute atomic E-state index is 2.49. The number of hydrogen-bond acceptors (Lipinski definition) is 0. The van der Waals surface area contributed by atoms with Crippen molar-refractivity contribution in [3.05, 3.63) is 193 Å². The quantitative estimate of drug-likeness (QED) is 0.160. The maximum atomic E-state index is 2.49. The normalized spacial score (nSPS) is 19.7. The molecule has 0 spiro atoms. The standard InChI is InChI=1S/C56H48N2/c1-38-32-34-56(35-33-38,44-26-20-40(21-27-44)42-24-30-54-49(36-42)47-15-7-10-18-52(47)57(54)46-13-4-3-5-14-46)45-28-22-41(23-29-45)43-25-31-55-50(37-43)48-16-8-11-19-53(48)58(55)51-17-9-6-12-39(51)2/h3-11,13-31,36-39H,12,32-35H2,1-2H3. The van der Waals surface area contributed by atoms with E-state index in [1.807, 2.05) is 0 Å². The zero-order valence-corrected chi connectivity index (χ0v) is 33.4. The molecular weight excluding hydrogens is 701 g/mol. The van der Waals surface area contributed by atoms with Gasteiger partial charge in [-0.1, -0.05) is 141 Å². The number of fused-ring (bicyclic) bond motifs is 6. The summed E-state index contributed by atoms with van der Waals surface area (Å²) in [4.78, 5) is 0. The molecule has 9 aromatic rings. The van der Waals surface area contributed by atoms with E-state index >= 15 is 0 Å². The molecule has 0 radical (unpaired) electrons. The van der Waals surface area contributed by atoms with Crippen LogP contribution in [-0.4, -0.2) is 9.13 Å². The fourth-order valence-corrected chi connectivity index (χ4v) is 10.4. The van der Waals surface area contributed by atoms with Crippen molar-refractivity contribution in [3.63, 3.8) is 0 Å². The minimum absolute atomic E-state index is 0.00681. The van der Waals surface area contributed by atoms with Crippen LogP contribution in [0.5, 0.6) is 0 Å². The van der Waals surface area contributed by atoms with Crippen LogP contribution in [0, 0.1) is 11.8 Å². The highest BCUT2D eigenvalue weighted by Crippen LogP contribution is 2.48. The Morgan fingerprint density at radius 3 is 1.52 bits per heavy atom. The van der Waals surface area contributed by atoms with Gasteiger partial charge in [-0.15, -0.1) is 0 Å². The third kappa shape index (κ3) is 5.61. The van der Waals surface area contributed by atoms with Gasteiger partial charge in [0, 0.05) is 44.3 Å². The average Bonchev–Trinajstić information content (AvgIpc) is 3.79. The van der Waals surface area contributed by atoms with E-state index in [0.717, 1.165) is 12.3 Å². The highest BCUT2D eigenvalue weighted by atomic mass is 15.0. The molecule has 2 heterocycles. The van der Waals surface area contributed by atoms with Crippen LogP contribution in [0.25, 0.3) is 77.2 Å². The lowest BCUT2D eigenvalue weighted by atomic mass is 9.63. The van der Waals surface area contributed by atoms with Gasteiger partial charge in [-0.3, -0.25) is 0 Å². The molecule has 11 rings (SSSR count). The van der Waals surface area contributed by atoms with Crippen LogP contribution in [-0.2, 0) is 5.41 Å². The molecule has 7 aromatic carbocycles. The van der Waals surface area contributed by atoms with E-state index in [4.69, 9.17) is 0 Å². The topological polar surface area (TPSA) is 9.86 Å². The minimum Gasteiger partial charge on any atom is -0.313 e. The van der Waals surface area contributed by atoms with Gasteiger partial charge in [0.2, 0.25) is 0 Å².